The lowest BCUT2D eigenvalue weighted by Gasteiger charge is -1.98. The molecule has 0 aliphatic carbocycles. The second-order valence-corrected chi connectivity index (χ2v) is 1.95. The van der Waals surface area contributed by atoms with E-state index < -0.39 is 0 Å². The summed E-state index contributed by atoms with van der Waals surface area (Å²) in [6.07, 6.45) is 0. The number of nitrogens with zero attached hydrogens (tertiary/aromatic N) is 3. The van der Waals surface area contributed by atoms with Gasteiger partial charge in [0.15, 0.2) is 0 Å². The number of nitrogens with one attached hydrogen (secondary N) is 1. The van der Waals surface area contributed by atoms with Gasteiger partial charge >= 0.3 is 0 Å². The Morgan fingerprint density at radius 1 is 1.08 bits per heavy atom. The minimum absolute atomic E-state index is 0.350. The molecule has 0 aliphatic rings. The van der Waals surface area contributed by atoms with Gasteiger partial charge in [0.25, 0.3) is 5.95 Å². The number of rotatable bonds is 1. The van der Waals surface area contributed by atoms with E-state index in [0.29, 0.717) is 5.95 Å². The van der Waals surface area contributed by atoms with Crippen LogP contribution in [-0.2, 0) is 0 Å². The number of aryl methyl sites for hydroxylation is 2. The lowest BCUT2D eigenvalue weighted by atomic mass is 10.4. The van der Waals surface area contributed by atoms with Crippen LogP contribution in [0.5, 0.6) is 0 Å². The Morgan fingerprint density at radius 3 is 2.08 bits per heavy atom. The topological polar surface area (TPSA) is 76.7 Å². The van der Waals surface area contributed by atoms with Crippen molar-refractivity contribution < 1.29 is 0 Å². The van der Waals surface area contributed by atoms with Crippen LogP contribution in [0.15, 0.2) is 0 Å². The Labute approximate surface area is 72.4 Å². The van der Waals surface area contributed by atoms with Crippen molar-refractivity contribution in [2.24, 2.45) is 5.84 Å². The Bertz CT molecular complexity index is 235. The zero-order valence-electron chi connectivity index (χ0n) is 7.92. The van der Waals surface area contributed by atoms with Crippen molar-refractivity contribution in [2.45, 2.75) is 27.7 Å². The zero-order valence-corrected chi connectivity index (χ0v) is 7.92. The maximum atomic E-state index is 5.05. The highest BCUT2D eigenvalue weighted by atomic mass is 15.3. The molecule has 0 aromatic carbocycles. The number of nitrogen functional groups attached to an aromatic ring is 1. The highest BCUT2D eigenvalue weighted by molar-refractivity contribution is 5.21. The molecule has 5 nitrogen and oxygen atoms in total. The molecule has 1 aromatic rings. The van der Waals surface area contributed by atoms with Crippen LogP contribution in [0, 0.1) is 13.8 Å². The Kier molecular flexibility index (Phi) is 4.87. The average Bonchev–Trinajstić information content (AvgIpc) is 2.13. The van der Waals surface area contributed by atoms with E-state index in [-0.39, 0.29) is 0 Å². The van der Waals surface area contributed by atoms with Gasteiger partial charge in [-0.1, -0.05) is 13.8 Å². The first-order valence-corrected chi connectivity index (χ1v) is 3.88. The summed E-state index contributed by atoms with van der Waals surface area (Å²) in [7, 11) is 0. The van der Waals surface area contributed by atoms with Crippen molar-refractivity contribution in [3.63, 3.8) is 0 Å². The number of hydrazine groups is 1. The number of nitrogens with two attached hydrogens (primary N) is 1. The van der Waals surface area contributed by atoms with Crippen molar-refractivity contribution in [1.82, 2.24) is 15.2 Å². The van der Waals surface area contributed by atoms with E-state index in [2.05, 4.69) is 20.6 Å². The zero-order chi connectivity index (χ0) is 9.56. The van der Waals surface area contributed by atoms with Crippen molar-refractivity contribution in [2.75, 3.05) is 5.43 Å². The third-order valence-electron chi connectivity index (χ3n) is 1.22. The fourth-order valence-corrected chi connectivity index (χ4v) is 0.518. The fraction of sp³-hybridized carbons (Fsp3) is 0.571. The molecular weight excluding hydrogens is 154 g/mol. The minimum atomic E-state index is 0.350. The number of aromatic nitrogens is 3. The van der Waals surface area contributed by atoms with Crippen molar-refractivity contribution in [1.29, 1.82) is 0 Å². The second kappa shape index (κ2) is 5.42. The maximum Gasteiger partial charge on any atom is 0.257 e. The first-order chi connectivity index (χ1) is 5.74. The molecule has 1 rings (SSSR count). The van der Waals surface area contributed by atoms with Gasteiger partial charge in [0.1, 0.15) is 0 Å². The molecular formula is C7H15N5. The molecule has 0 unspecified atom stereocenters. The van der Waals surface area contributed by atoms with Gasteiger partial charge < -0.3 is 0 Å². The molecule has 0 amide bonds. The van der Waals surface area contributed by atoms with Crippen LogP contribution in [0.2, 0.25) is 0 Å². The van der Waals surface area contributed by atoms with Gasteiger partial charge in [0, 0.05) is 0 Å². The first-order valence-electron chi connectivity index (χ1n) is 3.88. The van der Waals surface area contributed by atoms with Gasteiger partial charge in [0.05, 0.1) is 11.4 Å². The lowest BCUT2D eigenvalue weighted by Crippen LogP contribution is -2.12. The first kappa shape index (κ1) is 10.8. The van der Waals surface area contributed by atoms with Crippen molar-refractivity contribution in [3.8, 4) is 0 Å². The molecule has 1 heterocycles. The molecule has 12 heavy (non-hydrogen) atoms. The van der Waals surface area contributed by atoms with E-state index in [9.17, 15) is 0 Å². The summed E-state index contributed by atoms with van der Waals surface area (Å²) in [5.74, 6) is 5.40. The van der Waals surface area contributed by atoms with Crippen LogP contribution >= 0.6 is 0 Å². The summed E-state index contributed by atoms with van der Waals surface area (Å²) in [6, 6.07) is 0. The average molecular weight is 169 g/mol. The third-order valence-corrected chi connectivity index (χ3v) is 1.22. The molecule has 0 radical (unpaired) electrons. The molecule has 0 aliphatic heterocycles. The summed E-state index contributed by atoms with van der Waals surface area (Å²) >= 11 is 0. The molecule has 0 atom stereocenters. The molecule has 1 aromatic heterocycles. The van der Waals surface area contributed by atoms with Gasteiger partial charge in [0.2, 0.25) is 0 Å². The highest BCUT2D eigenvalue weighted by Gasteiger charge is 1.97. The normalized spacial score (nSPS) is 8.42. The van der Waals surface area contributed by atoms with Gasteiger partial charge in [-0.05, 0) is 13.8 Å². The Balaban J connectivity index is 0.000000561. The minimum Gasteiger partial charge on any atom is -0.291 e. The second-order valence-electron chi connectivity index (χ2n) is 1.95. The predicted octanol–water partition coefficient (Wildman–Crippen LogP) is 0.800. The summed E-state index contributed by atoms with van der Waals surface area (Å²) in [4.78, 5) is 3.98. The van der Waals surface area contributed by atoms with Gasteiger partial charge in [-0.25, -0.2) is 10.8 Å². The smallest absolute Gasteiger partial charge is 0.257 e. The Morgan fingerprint density at radius 2 is 1.67 bits per heavy atom. The Hall–Kier alpha value is -1.23. The van der Waals surface area contributed by atoms with E-state index in [1.165, 1.54) is 0 Å². The number of hydrogen-bond donors (Lipinski definition) is 2. The summed E-state index contributed by atoms with van der Waals surface area (Å²) < 4.78 is 0. The molecule has 0 saturated carbocycles. The molecule has 0 fully saturated rings. The fourth-order valence-electron chi connectivity index (χ4n) is 0.518. The SMILES string of the molecule is CC.Cc1nnc(NN)nc1C. The quantitative estimate of drug-likeness (QED) is 0.480. The number of hydrogen-bond acceptors (Lipinski definition) is 5. The number of anilines is 1. The van der Waals surface area contributed by atoms with E-state index in [0.717, 1.165) is 11.4 Å². The maximum absolute atomic E-state index is 5.05. The predicted molar refractivity (Wildman–Crippen MR) is 48.5 cm³/mol. The molecule has 3 N–H and O–H groups in total. The lowest BCUT2D eigenvalue weighted by molar-refractivity contribution is 0.894. The highest BCUT2D eigenvalue weighted by Crippen LogP contribution is 1.99. The molecule has 0 bridgehead atoms. The van der Waals surface area contributed by atoms with Crippen LogP contribution in [-0.4, -0.2) is 15.2 Å². The summed E-state index contributed by atoms with van der Waals surface area (Å²) in [5, 5.41) is 7.45. The monoisotopic (exact) mass is 169 g/mol. The van der Waals surface area contributed by atoms with Crippen LogP contribution in [0.4, 0.5) is 5.95 Å². The van der Waals surface area contributed by atoms with Gasteiger partial charge in [-0.2, -0.15) is 5.10 Å². The van der Waals surface area contributed by atoms with E-state index in [1.54, 1.807) is 0 Å². The standard InChI is InChI=1S/C5H9N5.C2H6/c1-3-4(2)9-10-5(7-3)8-6;1-2/h6H2,1-2H3,(H,7,8,10);1-2H3. The molecule has 68 valence electrons. The van der Waals surface area contributed by atoms with Crippen LogP contribution in [0.1, 0.15) is 25.2 Å². The van der Waals surface area contributed by atoms with Gasteiger partial charge in [-0.15, -0.1) is 5.10 Å². The van der Waals surface area contributed by atoms with Crippen molar-refractivity contribution >= 4 is 5.95 Å². The van der Waals surface area contributed by atoms with Crippen LogP contribution in [0.3, 0.4) is 0 Å². The molecule has 0 spiro atoms. The van der Waals surface area contributed by atoms with Gasteiger partial charge in [-0.3, -0.25) is 5.43 Å². The summed E-state index contributed by atoms with van der Waals surface area (Å²) in [6.45, 7) is 7.69. The molecule has 0 saturated heterocycles. The van der Waals surface area contributed by atoms with Crippen LogP contribution in [0.25, 0.3) is 0 Å². The largest absolute Gasteiger partial charge is 0.291 e. The molecule has 5 heteroatoms. The van der Waals surface area contributed by atoms with Crippen molar-refractivity contribution in [3.05, 3.63) is 11.4 Å². The van der Waals surface area contributed by atoms with Crippen LogP contribution < -0.4 is 11.3 Å². The summed E-state index contributed by atoms with van der Waals surface area (Å²) in [5.41, 5.74) is 3.96. The van der Waals surface area contributed by atoms with E-state index in [4.69, 9.17) is 5.84 Å². The van der Waals surface area contributed by atoms with E-state index >= 15 is 0 Å². The third kappa shape index (κ3) is 2.79. The van der Waals surface area contributed by atoms with E-state index in [1.807, 2.05) is 27.7 Å².